The fraction of sp³-hybridized carbons (Fsp3) is 0.400. The SMILES string of the molecule is CC(C)(C)c1cc2c(CCN)cc(=O)oc2cc1O. The largest absolute Gasteiger partial charge is 0.508 e. The van der Waals surface area contributed by atoms with Gasteiger partial charge in [0.15, 0.2) is 0 Å². The zero-order chi connectivity index (χ0) is 14.2. The summed E-state index contributed by atoms with van der Waals surface area (Å²) in [5.74, 6) is 0.146. The molecule has 19 heavy (non-hydrogen) atoms. The van der Waals surface area contributed by atoms with Gasteiger partial charge < -0.3 is 15.3 Å². The predicted octanol–water partition coefficient (Wildman–Crippen LogP) is 2.30. The fourth-order valence-corrected chi connectivity index (χ4v) is 2.23. The van der Waals surface area contributed by atoms with Crippen molar-refractivity contribution in [3.8, 4) is 5.75 Å². The smallest absolute Gasteiger partial charge is 0.336 e. The van der Waals surface area contributed by atoms with Crippen LogP contribution in [0.15, 0.2) is 27.4 Å². The van der Waals surface area contributed by atoms with Gasteiger partial charge in [0.2, 0.25) is 0 Å². The molecule has 4 nitrogen and oxygen atoms in total. The minimum absolute atomic E-state index is 0.146. The van der Waals surface area contributed by atoms with Gasteiger partial charge in [0.25, 0.3) is 0 Å². The summed E-state index contributed by atoms with van der Waals surface area (Å²) in [5.41, 5.74) is 7.06. The van der Waals surface area contributed by atoms with Gasteiger partial charge in [0.05, 0.1) is 0 Å². The lowest BCUT2D eigenvalue weighted by Gasteiger charge is -2.21. The summed E-state index contributed by atoms with van der Waals surface area (Å²) < 4.78 is 5.14. The van der Waals surface area contributed by atoms with Crippen molar-refractivity contribution in [2.24, 2.45) is 5.73 Å². The number of aromatic hydroxyl groups is 1. The van der Waals surface area contributed by atoms with Crippen molar-refractivity contribution >= 4 is 11.0 Å². The van der Waals surface area contributed by atoms with Crippen LogP contribution in [0.3, 0.4) is 0 Å². The molecular weight excluding hydrogens is 242 g/mol. The molecule has 3 N–H and O–H groups in total. The minimum Gasteiger partial charge on any atom is -0.508 e. The van der Waals surface area contributed by atoms with E-state index in [1.54, 1.807) is 0 Å². The Morgan fingerprint density at radius 1 is 1.26 bits per heavy atom. The second-order valence-corrected chi connectivity index (χ2v) is 5.74. The van der Waals surface area contributed by atoms with Crippen molar-refractivity contribution in [3.05, 3.63) is 39.7 Å². The zero-order valence-corrected chi connectivity index (χ0v) is 11.5. The lowest BCUT2D eigenvalue weighted by molar-refractivity contribution is 0.445. The maximum Gasteiger partial charge on any atom is 0.336 e. The first-order valence-corrected chi connectivity index (χ1v) is 6.33. The van der Waals surface area contributed by atoms with Crippen molar-refractivity contribution in [1.82, 2.24) is 0 Å². The number of rotatable bonds is 2. The predicted molar refractivity (Wildman–Crippen MR) is 75.6 cm³/mol. The van der Waals surface area contributed by atoms with Crippen LogP contribution in [-0.4, -0.2) is 11.7 Å². The Hall–Kier alpha value is -1.81. The standard InChI is InChI=1S/C15H19NO3/c1-15(2,3)11-7-10-9(4-5-16)6-14(18)19-13(10)8-12(11)17/h6-8,17H,4-5,16H2,1-3H3. The van der Waals surface area contributed by atoms with Gasteiger partial charge >= 0.3 is 5.63 Å². The lowest BCUT2D eigenvalue weighted by Crippen LogP contribution is -2.12. The van der Waals surface area contributed by atoms with Crippen molar-refractivity contribution in [2.45, 2.75) is 32.6 Å². The summed E-state index contributed by atoms with van der Waals surface area (Å²) in [7, 11) is 0. The number of phenols is 1. The third kappa shape index (κ3) is 2.63. The molecule has 1 aromatic carbocycles. The molecule has 1 heterocycles. The molecule has 0 aliphatic heterocycles. The first-order valence-electron chi connectivity index (χ1n) is 6.33. The first-order chi connectivity index (χ1) is 8.82. The molecule has 0 bridgehead atoms. The van der Waals surface area contributed by atoms with Crippen LogP contribution in [0.5, 0.6) is 5.75 Å². The molecule has 0 fully saturated rings. The molecule has 0 radical (unpaired) electrons. The van der Waals surface area contributed by atoms with Gasteiger partial charge in [-0.1, -0.05) is 20.8 Å². The molecule has 0 aliphatic rings. The number of fused-ring (bicyclic) bond motifs is 1. The molecule has 0 atom stereocenters. The van der Waals surface area contributed by atoms with E-state index in [2.05, 4.69) is 0 Å². The topological polar surface area (TPSA) is 76.5 Å². The van der Waals surface area contributed by atoms with Crippen molar-refractivity contribution in [3.63, 3.8) is 0 Å². The van der Waals surface area contributed by atoms with E-state index in [0.29, 0.717) is 18.5 Å². The van der Waals surface area contributed by atoms with Gasteiger partial charge in [-0.05, 0) is 30.0 Å². The van der Waals surface area contributed by atoms with Gasteiger partial charge in [0.1, 0.15) is 11.3 Å². The molecule has 0 unspecified atom stereocenters. The highest BCUT2D eigenvalue weighted by molar-refractivity contribution is 5.83. The maximum atomic E-state index is 11.5. The highest BCUT2D eigenvalue weighted by Crippen LogP contribution is 2.34. The van der Waals surface area contributed by atoms with E-state index in [0.717, 1.165) is 16.5 Å². The van der Waals surface area contributed by atoms with Crippen molar-refractivity contribution in [1.29, 1.82) is 0 Å². The summed E-state index contributed by atoms with van der Waals surface area (Å²) >= 11 is 0. The normalized spacial score (nSPS) is 12.0. The summed E-state index contributed by atoms with van der Waals surface area (Å²) in [6.07, 6.45) is 0.608. The zero-order valence-electron chi connectivity index (χ0n) is 11.5. The van der Waals surface area contributed by atoms with Crippen LogP contribution in [0, 0.1) is 0 Å². The minimum atomic E-state index is -0.418. The van der Waals surface area contributed by atoms with E-state index >= 15 is 0 Å². The molecule has 102 valence electrons. The van der Waals surface area contributed by atoms with Crippen molar-refractivity contribution in [2.75, 3.05) is 6.54 Å². The number of hydrogen-bond donors (Lipinski definition) is 2. The van der Waals surface area contributed by atoms with Gasteiger partial charge in [0, 0.05) is 23.1 Å². The molecular formula is C15H19NO3. The molecule has 0 amide bonds. The molecule has 0 spiro atoms. The summed E-state index contributed by atoms with van der Waals surface area (Å²) in [5, 5.41) is 10.9. The molecule has 4 heteroatoms. The molecule has 2 rings (SSSR count). The first kappa shape index (κ1) is 13.6. The van der Waals surface area contributed by atoms with Crippen molar-refractivity contribution < 1.29 is 9.52 Å². The van der Waals surface area contributed by atoms with E-state index in [1.165, 1.54) is 12.1 Å². The molecule has 1 aromatic heterocycles. The van der Waals surface area contributed by atoms with Crippen LogP contribution in [0.1, 0.15) is 31.9 Å². The highest BCUT2D eigenvalue weighted by atomic mass is 16.4. The van der Waals surface area contributed by atoms with Gasteiger partial charge in [-0.3, -0.25) is 0 Å². The Morgan fingerprint density at radius 3 is 2.53 bits per heavy atom. The average molecular weight is 261 g/mol. The van der Waals surface area contributed by atoms with Crippen LogP contribution in [0.4, 0.5) is 0 Å². The van der Waals surface area contributed by atoms with Crippen LogP contribution >= 0.6 is 0 Å². The summed E-state index contributed by atoms with van der Waals surface area (Å²) in [6, 6.07) is 4.87. The molecule has 0 saturated heterocycles. The van der Waals surface area contributed by atoms with Gasteiger partial charge in [-0.2, -0.15) is 0 Å². The van der Waals surface area contributed by atoms with E-state index in [1.807, 2.05) is 26.8 Å². The second-order valence-electron chi connectivity index (χ2n) is 5.74. The quantitative estimate of drug-likeness (QED) is 0.813. The Labute approximate surface area is 111 Å². The van der Waals surface area contributed by atoms with E-state index < -0.39 is 5.63 Å². The van der Waals surface area contributed by atoms with E-state index in [-0.39, 0.29) is 11.2 Å². The van der Waals surface area contributed by atoms with Crippen LogP contribution in [0.2, 0.25) is 0 Å². The summed E-state index contributed by atoms with van der Waals surface area (Å²) in [6.45, 7) is 6.53. The van der Waals surface area contributed by atoms with Crippen LogP contribution < -0.4 is 11.4 Å². The van der Waals surface area contributed by atoms with Crippen LogP contribution in [0.25, 0.3) is 11.0 Å². The Bertz CT molecular complexity index is 665. The number of hydrogen-bond acceptors (Lipinski definition) is 4. The molecule has 0 aliphatic carbocycles. The second kappa shape index (κ2) is 4.70. The van der Waals surface area contributed by atoms with E-state index in [4.69, 9.17) is 10.2 Å². The maximum absolute atomic E-state index is 11.5. The average Bonchev–Trinajstić information content (AvgIpc) is 2.26. The number of nitrogens with two attached hydrogens (primary N) is 1. The lowest BCUT2D eigenvalue weighted by atomic mass is 9.85. The monoisotopic (exact) mass is 261 g/mol. The van der Waals surface area contributed by atoms with Gasteiger partial charge in [-0.15, -0.1) is 0 Å². The molecule has 0 saturated carbocycles. The number of phenolic OH excluding ortho intramolecular Hbond substituents is 1. The molecule has 2 aromatic rings. The van der Waals surface area contributed by atoms with Gasteiger partial charge in [-0.25, -0.2) is 4.79 Å². The summed E-state index contributed by atoms with van der Waals surface area (Å²) in [4.78, 5) is 11.5. The van der Waals surface area contributed by atoms with Crippen LogP contribution in [-0.2, 0) is 11.8 Å². The Balaban J connectivity index is 2.79. The fourth-order valence-electron chi connectivity index (χ4n) is 2.23. The third-order valence-corrected chi connectivity index (χ3v) is 3.17. The van der Waals surface area contributed by atoms with E-state index in [9.17, 15) is 9.90 Å². The highest BCUT2D eigenvalue weighted by Gasteiger charge is 2.20. The Morgan fingerprint density at radius 2 is 1.95 bits per heavy atom. The number of benzene rings is 1. The Kier molecular flexibility index (Phi) is 3.37. The third-order valence-electron chi connectivity index (χ3n) is 3.17.